The largest absolute Gasteiger partial charge is 0.478 e. The summed E-state index contributed by atoms with van der Waals surface area (Å²) < 4.78 is 0. The van der Waals surface area contributed by atoms with E-state index < -0.39 is 5.97 Å². The molecule has 2 unspecified atom stereocenters. The van der Waals surface area contributed by atoms with E-state index in [1.54, 1.807) is 11.4 Å². The van der Waals surface area contributed by atoms with Crippen LogP contribution < -0.4 is 5.32 Å². The number of carboxylic acids is 1. The van der Waals surface area contributed by atoms with Crippen LogP contribution in [0.1, 0.15) is 40.9 Å². The zero-order valence-corrected chi connectivity index (χ0v) is 11.1. The molecule has 1 fully saturated rings. The van der Waals surface area contributed by atoms with Crippen molar-refractivity contribution in [3.05, 3.63) is 21.9 Å². The van der Waals surface area contributed by atoms with Gasteiger partial charge in [0.1, 0.15) is 0 Å². The Morgan fingerprint density at radius 1 is 1.50 bits per heavy atom. The van der Waals surface area contributed by atoms with Crippen molar-refractivity contribution < 1.29 is 15.0 Å². The van der Waals surface area contributed by atoms with Crippen LogP contribution in [0.4, 0.5) is 0 Å². The molecule has 0 spiro atoms. The first-order valence-electron chi connectivity index (χ1n) is 6.34. The Bertz CT molecular complexity index is 405. The summed E-state index contributed by atoms with van der Waals surface area (Å²) in [6.07, 6.45) is 3.97. The zero-order valence-electron chi connectivity index (χ0n) is 10.3. The fraction of sp³-hybridized carbons (Fsp3) is 0.615. The highest BCUT2D eigenvalue weighted by molar-refractivity contribution is 7.10. The Hall–Kier alpha value is -0.910. The molecule has 2 rings (SSSR count). The standard InChI is InChI=1S/C13H19NO3S/c15-11-3-1-2-9(4-11)6-14-7-12-5-10(8-18-12)13(16)17/h5,8-9,11,14-15H,1-4,6-7H2,(H,16,17). The van der Waals surface area contributed by atoms with Gasteiger partial charge in [-0.3, -0.25) is 0 Å². The average molecular weight is 269 g/mol. The molecular weight excluding hydrogens is 250 g/mol. The van der Waals surface area contributed by atoms with Crippen LogP contribution in [0.5, 0.6) is 0 Å². The first-order chi connectivity index (χ1) is 8.65. The third-order valence-corrected chi connectivity index (χ3v) is 4.32. The van der Waals surface area contributed by atoms with Gasteiger partial charge in [0, 0.05) is 16.8 Å². The third kappa shape index (κ3) is 3.80. The molecule has 1 heterocycles. The van der Waals surface area contributed by atoms with Gasteiger partial charge < -0.3 is 15.5 Å². The summed E-state index contributed by atoms with van der Waals surface area (Å²) in [7, 11) is 0. The van der Waals surface area contributed by atoms with Crippen molar-refractivity contribution in [1.82, 2.24) is 5.32 Å². The van der Waals surface area contributed by atoms with Gasteiger partial charge in [0.05, 0.1) is 11.7 Å². The highest BCUT2D eigenvalue weighted by atomic mass is 32.1. The van der Waals surface area contributed by atoms with Crippen molar-refractivity contribution in [2.45, 2.75) is 38.3 Å². The number of hydrogen-bond acceptors (Lipinski definition) is 4. The van der Waals surface area contributed by atoms with E-state index in [-0.39, 0.29) is 6.10 Å². The van der Waals surface area contributed by atoms with Crippen LogP contribution in [0.25, 0.3) is 0 Å². The quantitative estimate of drug-likeness (QED) is 0.765. The summed E-state index contributed by atoms with van der Waals surface area (Å²) >= 11 is 1.47. The molecule has 1 aliphatic rings. The molecule has 1 aliphatic carbocycles. The Morgan fingerprint density at radius 3 is 3.00 bits per heavy atom. The van der Waals surface area contributed by atoms with Gasteiger partial charge in [-0.05, 0) is 37.8 Å². The van der Waals surface area contributed by atoms with Crippen molar-refractivity contribution >= 4 is 17.3 Å². The SMILES string of the molecule is O=C(O)c1csc(CNCC2CCCC(O)C2)c1. The van der Waals surface area contributed by atoms with E-state index in [0.717, 1.165) is 30.7 Å². The van der Waals surface area contributed by atoms with E-state index in [1.807, 2.05) is 0 Å². The molecule has 0 aliphatic heterocycles. The lowest BCUT2D eigenvalue weighted by Gasteiger charge is -2.25. The molecule has 4 nitrogen and oxygen atoms in total. The number of thiophene rings is 1. The normalized spacial score (nSPS) is 24.1. The molecule has 0 bridgehead atoms. The van der Waals surface area contributed by atoms with Crippen molar-refractivity contribution in [2.24, 2.45) is 5.92 Å². The molecule has 5 heteroatoms. The smallest absolute Gasteiger partial charge is 0.336 e. The van der Waals surface area contributed by atoms with Crippen LogP contribution in [-0.4, -0.2) is 28.8 Å². The fourth-order valence-electron chi connectivity index (χ4n) is 2.43. The lowest BCUT2D eigenvalue weighted by molar-refractivity contribution is 0.0697. The maximum Gasteiger partial charge on any atom is 0.336 e. The van der Waals surface area contributed by atoms with E-state index in [0.29, 0.717) is 18.0 Å². The third-order valence-electron chi connectivity index (χ3n) is 3.39. The number of carbonyl (C=O) groups is 1. The number of aliphatic hydroxyl groups is 1. The Morgan fingerprint density at radius 2 is 2.33 bits per heavy atom. The lowest BCUT2D eigenvalue weighted by atomic mass is 9.87. The molecule has 0 saturated heterocycles. The zero-order chi connectivity index (χ0) is 13.0. The first-order valence-corrected chi connectivity index (χ1v) is 7.22. The predicted octanol–water partition coefficient (Wildman–Crippen LogP) is 2.09. The van der Waals surface area contributed by atoms with E-state index in [2.05, 4.69) is 5.32 Å². The van der Waals surface area contributed by atoms with Crippen LogP contribution in [0, 0.1) is 5.92 Å². The minimum absolute atomic E-state index is 0.133. The van der Waals surface area contributed by atoms with Crippen molar-refractivity contribution in [3.63, 3.8) is 0 Å². The monoisotopic (exact) mass is 269 g/mol. The summed E-state index contributed by atoms with van der Waals surface area (Å²) in [6.45, 7) is 1.61. The van der Waals surface area contributed by atoms with Gasteiger partial charge in [0.15, 0.2) is 0 Å². The van der Waals surface area contributed by atoms with E-state index >= 15 is 0 Å². The fourth-order valence-corrected chi connectivity index (χ4v) is 3.26. The van der Waals surface area contributed by atoms with Crippen LogP contribution in [-0.2, 0) is 6.54 Å². The highest BCUT2D eigenvalue weighted by Crippen LogP contribution is 2.23. The first kappa shape index (κ1) is 13.5. The molecule has 0 radical (unpaired) electrons. The number of rotatable bonds is 5. The van der Waals surface area contributed by atoms with Crippen molar-refractivity contribution in [1.29, 1.82) is 0 Å². The second kappa shape index (κ2) is 6.31. The van der Waals surface area contributed by atoms with Crippen molar-refractivity contribution in [2.75, 3.05) is 6.54 Å². The number of nitrogens with one attached hydrogen (secondary N) is 1. The number of hydrogen-bond donors (Lipinski definition) is 3. The second-order valence-corrected chi connectivity index (χ2v) is 5.92. The molecule has 2 atom stereocenters. The van der Waals surface area contributed by atoms with Crippen LogP contribution in [0.15, 0.2) is 11.4 Å². The van der Waals surface area contributed by atoms with Gasteiger partial charge in [0.25, 0.3) is 0 Å². The molecule has 1 aromatic heterocycles. The Balaban J connectivity index is 1.72. The number of carboxylic acid groups (broad SMARTS) is 1. The number of aromatic carboxylic acids is 1. The van der Waals surface area contributed by atoms with E-state index in [9.17, 15) is 9.90 Å². The minimum Gasteiger partial charge on any atom is -0.478 e. The predicted molar refractivity (Wildman–Crippen MR) is 70.9 cm³/mol. The lowest BCUT2D eigenvalue weighted by Crippen LogP contribution is -2.28. The maximum atomic E-state index is 10.7. The van der Waals surface area contributed by atoms with Crippen LogP contribution in [0.2, 0.25) is 0 Å². The summed E-state index contributed by atoms with van der Waals surface area (Å²) in [4.78, 5) is 11.8. The highest BCUT2D eigenvalue weighted by Gasteiger charge is 2.19. The van der Waals surface area contributed by atoms with Gasteiger partial charge in [-0.1, -0.05) is 6.42 Å². The minimum atomic E-state index is -0.868. The summed E-state index contributed by atoms with van der Waals surface area (Å²) in [5.74, 6) is -0.319. The molecule has 18 heavy (non-hydrogen) atoms. The maximum absolute atomic E-state index is 10.7. The van der Waals surface area contributed by atoms with Gasteiger partial charge in [-0.2, -0.15) is 0 Å². The van der Waals surface area contributed by atoms with E-state index in [1.165, 1.54) is 17.8 Å². The average Bonchev–Trinajstić information content (AvgIpc) is 2.78. The molecule has 1 aromatic rings. The number of aliphatic hydroxyl groups excluding tert-OH is 1. The van der Waals surface area contributed by atoms with Crippen molar-refractivity contribution in [3.8, 4) is 0 Å². The van der Waals surface area contributed by atoms with Gasteiger partial charge in [-0.25, -0.2) is 4.79 Å². The molecule has 100 valence electrons. The van der Waals surface area contributed by atoms with Crippen LogP contribution >= 0.6 is 11.3 Å². The molecular formula is C13H19NO3S. The molecule has 3 N–H and O–H groups in total. The Labute approximate surface area is 111 Å². The topological polar surface area (TPSA) is 69.6 Å². The van der Waals surface area contributed by atoms with Gasteiger partial charge in [-0.15, -0.1) is 11.3 Å². The van der Waals surface area contributed by atoms with Gasteiger partial charge in [0.2, 0.25) is 0 Å². The van der Waals surface area contributed by atoms with Crippen LogP contribution in [0.3, 0.4) is 0 Å². The molecule has 1 saturated carbocycles. The van der Waals surface area contributed by atoms with Gasteiger partial charge >= 0.3 is 5.97 Å². The summed E-state index contributed by atoms with van der Waals surface area (Å²) in [5, 5.41) is 23.4. The van der Waals surface area contributed by atoms with E-state index in [4.69, 9.17) is 5.11 Å². The Kier molecular flexibility index (Phi) is 4.74. The second-order valence-electron chi connectivity index (χ2n) is 4.92. The molecule has 0 aromatic carbocycles. The summed E-state index contributed by atoms with van der Waals surface area (Å²) in [5.41, 5.74) is 0.366. The molecule has 0 amide bonds. The summed E-state index contributed by atoms with van der Waals surface area (Å²) in [6, 6.07) is 1.72.